The highest BCUT2D eigenvalue weighted by Crippen LogP contribution is 2.45. The van der Waals surface area contributed by atoms with E-state index in [-0.39, 0.29) is 16.7 Å². The summed E-state index contributed by atoms with van der Waals surface area (Å²) in [6, 6.07) is 17.0. The first-order valence-electron chi connectivity index (χ1n) is 12.9. The van der Waals surface area contributed by atoms with Crippen LogP contribution in [0.4, 0.5) is 11.4 Å². The van der Waals surface area contributed by atoms with Gasteiger partial charge >= 0.3 is 0 Å². The van der Waals surface area contributed by atoms with Crippen molar-refractivity contribution in [3.63, 3.8) is 0 Å². The van der Waals surface area contributed by atoms with Crippen molar-refractivity contribution >= 4 is 28.8 Å². The van der Waals surface area contributed by atoms with Gasteiger partial charge in [0.1, 0.15) is 11.5 Å². The van der Waals surface area contributed by atoms with Crippen molar-refractivity contribution in [1.82, 2.24) is 0 Å². The largest absolute Gasteiger partial charge is 0.507 e. The number of hydrogen-bond acceptors (Lipinski definition) is 7. The van der Waals surface area contributed by atoms with Crippen LogP contribution in [0.3, 0.4) is 0 Å². The molecule has 1 heterocycles. The number of methoxy groups -OCH3 is 3. The van der Waals surface area contributed by atoms with E-state index in [4.69, 9.17) is 14.2 Å². The first kappa shape index (κ1) is 28.5. The molecule has 1 amide bonds. The standard InChI is InChI=1S/C32H36N2O6/c1-32(2,3)23-17-20(11-15-24(23)38-6)29(35)27-28(19-9-12-21(13-10-19)33(4)5)34(31(37)30(27)36)22-14-16-25(39-7)26(18-22)40-8/h9-18,28,35H,1-8H3/b29-27-. The quantitative estimate of drug-likeness (QED) is 0.232. The first-order chi connectivity index (χ1) is 18.9. The second kappa shape index (κ2) is 11.0. The molecule has 1 unspecified atom stereocenters. The zero-order chi connectivity index (χ0) is 29.4. The molecule has 0 spiro atoms. The van der Waals surface area contributed by atoms with Gasteiger partial charge in [-0.1, -0.05) is 32.9 Å². The maximum absolute atomic E-state index is 13.6. The monoisotopic (exact) mass is 544 g/mol. The molecule has 210 valence electrons. The van der Waals surface area contributed by atoms with E-state index in [0.29, 0.717) is 34.1 Å². The number of hydrogen-bond donors (Lipinski definition) is 1. The molecular weight excluding hydrogens is 508 g/mol. The summed E-state index contributed by atoms with van der Waals surface area (Å²) in [5.41, 5.74) is 3.05. The van der Waals surface area contributed by atoms with Crippen molar-refractivity contribution in [2.24, 2.45) is 0 Å². The van der Waals surface area contributed by atoms with Crippen LogP contribution >= 0.6 is 0 Å². The van der Waals surface area contributed by atoms with Crippen molar-refractivity contribution in [1.29, 1.82) is 0 Å². The molecular formula is C32H36N2O6. The average Bonchev–Trinajstić information content (AvgIpc) is 3.21. The Kier molecular flexibility index (Phi) is 7.82. The van der Waals surface area contributed by atoms with Gasteiger partial charge in [0.25, 0.3) is 11.7 Å². The van der Waals surface area contributed by atoms with Crippen LogP contribution in [0, 0.1) is 0 Å². The fraction of sp³-hybridized carbons (Fsp3) is 0.312. The highest BCUT2D eigenvalue weighted by molar-refractivity contribution is 6.51. The second-order valence-corrected chi connectivity index (χ2v) is 10.9. The van der Waals surface area contributed by atoms with Crippen molar-refractivity contribution in [3.8, 4) is 17.2 Å². The van der Waals surface area contributed by atoms with Crippen LogP contribution in [0.1, 0.15) is 43.5 Å². The summed E-state index contributed by atoms with van der Waals surface area (Å²) in [4.78, 5) is 30.6. The number of ether oxygens (including phenoxy) is 3. The normalized spacial score (nSPS) is 16.7. The number of anilines is 2. The number of aliphatic hydroxyl groups is 1. The Balaban J connectivity index is 1.96. The number of carbonyl (C=O) groups excluding carboxylic acids is 2. The molecule has 8 heteroatoms. The number of ketones is 1. The van der Waals surface area contributed by atoms with Crippen molar-refractivity contribution in [3.05, 3.63) is 82.9 Å². The summed E-state index contributed by atoms with van der Waals surface area (Å²) in [7, 11) is 8.49. The summed E-state index contributed by atoms with van der Waals surface area (Å²) >= 11 is 0. The van der Waals surface area contributed by atoms with Crippen molar-refractivity contribution in [2.45, 2.75) is 32.2 Å². The number of nitrogens with zero attached hydrogens (tertiary/aromatic N) is 2. The molecule has 4 rings (SSSR count). The molecule has 1 aliphatic heterocycles. The summed E-state index contributed by atoms with van der Waals surface area (Å²) in [5, 5.41) is 11.7. The maximum Gasteiger partial charge on any atom is 0.300 e. The van der Waals surface area contributed by atoms with Crippen LogP contribution in [0.5, 0.6) is 17.2 Å². The van der Waals surface area contributed by atoms with E-state index >= 15 is 0 Å². The Morgan fingerprint density at radius 3 is 1.98 bits per heavy atom. The molecule has 3 aromatic carbocycles. The van der Waals surface area contributed by atoms with Gasteiger partial charge in [0.2, 0.25) is 0 Å². The number of benzene rings is 3. The lowest BCUT2D eigenvalue weighted by Gasteiger charge is -2.27. The number of Topliss-reactive ketones (excluding diaryl/α,β-unsaturated/α-hetero) is 1. The predicted molar refractivity (Wildman–Crippen MR) is 157 cm³/mol. The third kappa shape index (κ3) is 5.09. The van der Waals surface area contributed by atoms with Gasteiger partial charge in [-0.3, -0.25) is 14.5 Å². The van der Waals surface area contributed by atoms with Crippen molar-refractivity contribution in [2.75, 3.05) is 45.2 Å². The molecule has 1 fully saturated rings. The van der Waals surface area contributed by atoms with Crippen LogP contribution < -0.4 is 24.0 Å². The second-order valence-electron chi connectivity index (χ2n) is 10.9. The molecule has 8 nitrogen and oxygen atoms in total. The number of carbonyl (C=O) groups is 2. The van der Waals surface area contributed by atoms with E-state index in [1.165, 1.54) is 19.1 Å². The van der Waals surface area contributed by atoms with Gasteiger partial charge in [-0.2, -0.15) is 0 Å². The van der Waals surface area contributed by atoms with Gasteiger partial charge in [-0.25, -0.2) is 0 Å². The van der Waals surface area contributed by atoms with Gasteiger partial charge in [0.15, 0.2) is 11.5 Å². The van der Waals surface area contributed by atoms with E-state index in [0.717, 1.165) is 11.3 Å². The van der Waals surface area contributed by atoms with E-state index in [1.54, 1.807) is 37.4 Å². The molecule has 1 N–H and O–H groups in total. The van der Waals surface area contributed by atoms with Gasteiger partial charge < -0.3 is 24.2 Å². The molecule has 1 saturated heterocycles. The molecule has 1 aliphatic rings. The van der Waals surface area contributed by atoms with Crippen LogP contribution in [0.15, 0.2) is 66.2 Å². The number of aliphatic hydroxyl groups excluding tert-OH is 1. The molecule has 0 aliphatic carbocycles. The summed E-state index contributed by atoms with van der Waals surface area (Å²) in [5.74, 6) is -0.208. The molecule has 0 bridgehead atoms. The topological polar surface area (TPSA) is 88.5 Å². The Labute approximate surface area is 235 Å². The van der Waals surface area contributed by atoms with Crippen LogP contribution in [0.2, 0.25) is 0 Å². The average molecular weight is 545 g/mol. The smallest absolute Gasteiger partial charge is 0.300 e. The first-order valence-corrected chi connectivity index (χ1v) is 12.9. The fourth-order valence-electron chi connectivity index (χ4n) is 4.94. The predicted octanol–water partition coefficient (Wildman–Crippen LogP) is 5.70. The van der Waals surface area contributed by atoms with Crippen molar-refractivity contribution < 1.29 is 28.9 Å². The molecule has 3 aromatic rings. The fourth-order valence-corrected chi connectivity index (χ4v) is 4.94. The molecule has 0 saturated carbocycles. The van der Waals surface area contributed by atoms with E-state index in [1.807, 2.05) is 70.1 Å². The van der Waals surface area contributed by atoms with Crippen LogP contribution in [-0.4, -0.2) is 52.2 Å². The highest BCUT2D eigenvalue weighted by atomic mass is 16.5. The molecule has 1 atom stereocenters. The van der Waals surface area contributed by atoms with E-state index in [2.05, 4.69) is 0 Å². The summed E-state index contributed by atoms with van der Waals surface area (Å²) < 4.78 is 16.4. The lowest BCUT2D eigenvalue weighted by molar-refractivity contribution is -0.132. The lowest BCUT2D eigenvalue weighted by atomic mass is 9.84. The minimum Gasteiger partial charge on any atom is -0.507 e. The number of rotatable bonds is 7. The van der Waals surface area contributed by atoms with Gasteiger partial charge in [-0.15, -0.1) is 0 Å². The lowest BCUT2D eigenvalue weighted by Crippen LogP contribution is -2.29. The molecule has 0 radical (unpaired) electrons. The molecule has 0 aromatic heterocycles. The summed E-state index contributed by atoms with van der Waals surface area (Å²) in [6.07, 6.45) is 0. The third-order valence-electron chi connectivity index (χ3n) is 7.10. The Hall–Kier alpha value is -4.46. The zero-order valence-electron chi connectivity index (χ0n) is 24.2. The highest BCUT2D eigenvalue weighted by Gasteiger charge is 2.47. The third-order valence-corrected chi connectivity index (χ3v) is 7.10. The Morgan fingerprint density at radius 2 is 1.43 bits per heavy atom. The Bertz CT molecular complexity index is 1470. The minimum atomic E-state index is -0.880. The minimum absolute atomic E-state index is 0.00224. The molecule has 40 heavy (non-hydrogen) atoms. The zero-order valence-corrected chi connectivity index (χ0v) is 24.2. The van der Waals surface area contributed by atoms with Crippen LogP contribution in [-0.2, 0) is 15.0 Å². The van der Waals surface area contributed by atoms with Gasteiger partial charge in [-0.05, 0) is 53.4 Å². The summed E-state index contributed by atoms with van der Waals surface area (Å²) in [6.45, 7) is 6.12. The van der Waals surface area contributed by atoms with Gasteiger partial charge in [0, 0.05) is 42.7 Å². The SMILES string of the molecule is COc1ccc(N2C(=O)C(=O)/C(=C(\O)c3ccc(OC)c(C(C)(C)C)c3)C2c2ccc(N(C)C)cc2)cc1OC. The van der Waals surface area contributed by atoms with E-state index < -0.39 is 17.7 Å². The number of amides is 1. The van der Waals surface area contributed by atoms with Crippen LogP contribution in [0.25, 0.3) is 5.76 Å². The van der Waals surface area contributed by atoms with E-state index in [9.17, 15) is 14.7 Å². The maximum atomic E-state index is 13.6. The Morgan fingerprint density at radius 1 is 0.825 bits per heavy atom. The van der Waals surface area contributed by atoms with Gasteiger partial charge in [0.05, 0.1) is 32.9 Å².